The Hall–Kier alpha value is -2.15. The molecule has 3 N–H and O–H groups in total. The fourth-order valence-corrected chi connectivity index (χ4v) is 1.89. The summed E-state index contributed by atoms with van der Waals surface area (Å²) in [6.45, 7) is 2.65. The number of primary amides is 1. The number of pyridine rings is 1. The molecule has 0 atom stereocenters. The molecule has 1 heterocycles. The predicted octanol–water partition coefficient (Wildman–Crippen LogP) is 0.871. The zero-order valence-corrected chi connectivity index (χ0v) is 12.4. The molecule has 0 saturated heterocycles. The average Bonchev–Trinajstić information content (AvgIpc) is 2.35. The third-order valence-corrected chi connectivity index (χ3v) is 2.81. The predicted molar refractivity (Wildman–Crippen MR) is 76.1 cm³/mol. The van der Waals surface area contributed by atoms with Crippen LogP contribution in [0.3, 0.4) is 0 Å². The maximum absolute atomic E-state index is 12.3. The van der Waals surface area contributed by atoms with Gasteiger partial charge in [0.15, 0.2) is 0 Å². The summed E-state index contributed by atoms with van der Waals surface area (Å²) in [5.41, 5.74) is 5.79. The Bertz CT molecular complexity index is 559. The van der Waals surface area contributed by atoms with Crippen LogP contribution in [0.1, 0.15) is 35.8 Å². The van der Waals surface area contributed by atoms with Gasteiger partial charge in [-0.15, -0.1) is 0 Å². The molecular formula is C13H16ClN3O4. The van der Waals surface area contributed by atoms with E-state index in [9.17, 15) is 14.4 Å². The minimum Gasteiger partial charge on any atom is -0.480 e. The molecule has 0 radical (unpaired) electrons. The summed E-state index contributed by atoms with van der Waals surface area (Å²) in [5, 5.41) is 8.93. The number of hydrogen-bond donors (Lipinski definition) is 2. The van der Waals surface area contributed by atoms with Gasteiger partial charge in [0.05, 0.1) is 0 Å². The molecule has 1 rings (SSSR count). The topological polar surface area (TPSA) is 114 Å². The Labute approximate surface area is 126 Å². The third-order valence-electron chi connectivity index (χ3n) is 2.61. The highest BCUT2D eigenvalue weighted by Gasteiger charge is 2.21. The molecule has 1 aromatic rings. The lowest BCUT2D eigenvalue weighted by Crippen LogP contribution is -2.41. The summed E-state index contributed by atoms with van der Waals surface area (Å²) < 4.78 is 0. The highest BCUT2D eigenvalue weighted by molar-refractivity contribution is 6.29. The van der Waals surface area contributed by atoms with E-state index in [4.69, 9.17) is 22.4 Å². The van der Waals surface area contributed by atoms with Crippen LogP contribution in [0.4, 0.5) is 0 Å². The second kappa shape index (κ2) is 7.03. The molecule has 0 bridgehead atoms. The number of carbonyl (C=O) groups is 3. The van der Waals surface area contributed by atoms with E-state index in [0.717, 1.165) is 4.90 Å². The van der Waals surface area contributed by atoms with Crippen LogP contribution in [0.2, 0.25) is 5.15 Å². The normalized spacial score (nSPS) is 10.5. The molecule has 7 nitrogen and oxygen atoms in total. The second-order valence-electron chi connectivity index (χ2n) is 4.78. The van der Waals surface area contributed by atoms with Crippen molar-refractivity contribution in [2.75, 3.05) is 13.1 Å². The number of rotatable bonds is 6. The smallest absolute Gasteiger partial charge is 0.323 e. The summed E-state index contributed by atoms with van der Waals surface area (Å²) in [6, 6.07) is 2.85. The highest BCUT2D eigenvalue weighted by atomic mass is 35.5. The largest absolute Gasteiger partial charge is 0.480 e. The molecule has 8 heteroatoms. The van der Waals surface area contributed by atoms with Gasteiger partial charge in [0.2, 0.25) is 5.91 Å². The fourth-order valence-electron chi connectivity index (χ4n) is 1.67. The van der Waals surface area contributed by atoms with Gasteiger partial charge >= 0.3 is 5.97 Å². The van der Waals surface area contributed by atoms with E-state index in [0.29, 0.717) is 5.69 Å². The van der Waals surface area contributed by atoms with Crippen LogP contribution in [0.5, 0.6) is 0 Å². The van der Waals surface area contributed by atoms with E-state index >= 15 is 0 Å². The molecule has 0 fully saturated rings. The number of carbonyl (C=O) groups excluding carboxylic acids is 2. The first-order chi connectivity index (χ1) is 9.70. The first kappa shape index (κ1) is 16.9. The first-order valence-electron chi connectivity index (χ1n) is 6.17. The van der Waals surface area contributed by atoms with Crippen LogP contribution in [0.25, 0.3) is 0 Å². The number of nitrogens with two attached hydrogens (primary N) is 1. The van der Waals surface area contributed by atoms with Crippen LogP contribution in [0, 0.1) is 0 Å². The summed E-state index contributed by atoms with van der Waals surface area (Å²) in [5.74, 6) is -2.63. The Balaban J connectivity index is 3.13. The van der Waals surface area contributed by atoms with Crippen molar-refractivity contribution in [2.24, 2.45) is 5.73 Å². The molecule has 0 aliphatic rings. The molecule has 0 aliphatic carbocycles. The Morgan fingerprint density at radius 1 is 1.33 bits per heavy atom. The zero-order chi connectivity index (χ0) is 16.2. The fraction of sp³-hybridized carbons (Fsp3) is 0.385. The van der Waals surface area contributed by atoms with Gasteiger partial charge in [0, 0.05) is 11.3 Å². The number of halogens is 1. The first-order valence-corrected chi connectivity index (χ1v) is 6.55. The number of aliphatic carboxylic acids is 1. The average molecular weight is 314 g/mol. The monoisotopic (exact) mass is 313 g/mol. The summed E-state index contributed by atoms with van der Waals surface area (Å²) in [4.78, 5) is 39.0. The van der Waals surface area contributed by atoms with E-state index < -0.39 is 30.9 Å². The maximum atomic E-state index is 12.3. The Morgan fingerprint density at radius 2 is 1.95 bits per heavy atom. The van der Waals surface area contributed by atoms with Crippen LogP contribution < -0.4 is 5.73 Å². The lowest BCUT2D eigenvalue weighted by atomic mass is 10.1. The molecule has 0 aliphatic heterocycles. The van der Waals surface area contributed by atoms with E-state index in [1.807, 2.05) is 13.8 Å². The number of aromatic nitrogens is 1. The van der Waals surface area contributed by atoms with Crippen molar-refractivity contribution in [2.45, 2.75) is 19.8 Å². The SMILES string of the molecule is CC(C)c1cc(C(=O)N(CC(N)=O)CC(=O)O)cc(Cl)n1. The minimum absolute atomic E-state index is 0.0410. The van der Waals surface area contributed by atoms with Crippen LogP contribution in [-0.2, 0) is 9.59 Å². The van der Waals surface area contributed by atoms with E-state index in [2.05, 4.69) is 4.98 Å². The lowest BCUT2D eigenvalue weighted by molar-refractivity contribution is -0.138. The second-order valence-corrected chi connectivity index (χ2v) is 5.17. The molecule has 21 heavy (non-hydrogen) atoms. The van der Waals surface area contributed by atoms with Crippen molar-refractivity contribution in [1.82, 2.24) is 9.88 Å². The van der Waals surface area contributed by atoms with Gasteiger partial charge in [-0.3, -0.25) is 14.4 Å². The van der Waals surface area contributed by atoms with Crippen molar-refractivity contribution in [3.05, 3.63) is 28.5 Å². The Kier molecular flexibility index (Phi) is 5.66. The standard InChI is InChI=1S/C13H16ClN3O4/c1-7(2)9-3-8(4-10(14)16-9)13(21)17(5-11(15)18)6-12(19)20/h3-4,7H,5-6H2,1-2H3,(H2,15,18)(H,19,20). The van der Waals surface area contributed by atoms with Crippen molar-refractivity contribution in [3.63, 3.8) is 0 Å². The van der Waals surface area contributed by atoms with E-state index in [1.165, 1.54) is 12.1 Å². The minimum atomic E-state index is -1.24. The zero-order valence-electron chi connectivity index (χ0n) is 11.7. The molecule has 0 spiro atoms. The van der Waals surface area contributed by atoms with Crippen LogP contribution >= 0.6 is 11.6 Å². The summed E-state index contributed by atoms with van der Waals surface area (Å²) >= 11 is 5.86. The number of carboxylic acid groups (broad SMARTS) is 1. The van der Waals surface area contributed by atoms with Gasteiger partial charge in [-0.25, -0.2) is 4.98 Å². The van der Waals surface area contributed by atoms with E-state index in [1.54, 1.807) is 0 Å². The van der Waals surface area contributed by atoms with Gasteiger partial charge in [0.25, 0.3) is 5.91 Å². The van der Waals surface area contributed by atoms with Gasteiger partial charge < -0.3 is 15.7 Å². The quantitative estimate of drug-likeness (QED) is 0.756. The maximum Gasteiger partial charge on any atom is 0.323 e. The third kappa shape index (κ3) is 5.03. The number of nitrogens with zero attached hydrogens (tertiary/aromatic N) is 2. The molecule has 0 saturated carbocycles. The van der Waals surface area contributed by atoms with Crippen molar-refractivity contribution in [3.8, 4) is 0 Å². The van der Waals surface area contributed by atoms with Gasteiger partial charge in [-0.05, 0) is 18.1 Å². The van der Waals surface area contributed by atoms with Crippen LogP contribution in [-0.4, -0.2) is 45.9 Å². The van der Waals surface area contributed by atoms with Gasteiger partial charge in [-0.1, -0.05) is 25.4 Å². The molecule has 1 aromatic heterocycles. The number of amides is 2. The van der Waals surface area contributed by atoms with Gasteiger partial charge in [0.1, 0.15) is 18.2 Å². The molecule has 0 unspecified atom stereocenters. The number of carboxylic acids is 1. The summed E-state index contributed by atoms with van der Waals surface area (Å²) in [7, 11) is 0. The molecule has 2 amide bonds. The Morgan fingerprint density at radius 3 is 2.43 bits per heavy atom. The van der Waals surface area contributed by atoms with Gasteiger partial charge in [-0.2, -0.15) is 0 Å². The molecular weight excluding hydrogens is 298 g/mol. The van der Waals surface area contributed by atoms with Crippen molar-refractivity contribution < 1.29 is 19.5 Å². The summed E-state index contributed by atoms with van der Waals surface area (Å²) in [6.07, 6.45) is 0. The van der Waals surface area contributed by atoms with E-state index in [-0.39, 0.29) is 16.6 Å². The van der Waals surface area contributed by atoms with Crippen molar-refractivity contribution >= 4 is 29.4 Å². The number of hydrogen-bond acceptors (Lipinski definition) is 4. The van der Waals surface area contributed by atoms with Crippen molar-refractivity contribution in [1.29, 1.82) is 0 Å². The lowest BCUT2D eigenvalue weighted by Gasteiger charge is -2.19. The molecule has 0 aromatic carbocycles. The molecule has 114 valence electrons. The highest BCUT2D eigenvalue weighted by Crippen LogP contribution is 2.18. The van der Waals surface area contributed by atoms with Crippen LogP contribution in [0.15, 0.2) is 12.1 Å².